The van der Waals surface area contributed by atoms with E-state index in [0.29, 0.717) is 16.9 Å². The lowest BCUT2D eigenvalue weighted by molar-refractivity contribution is -0.402. The van der Waals surface area contributed by atoms with Crippen LogP contribution in [0.5, 0.6) is 0 Å². The lowest BCUT2D eigenvalue weighted by Gasteiger charge is -2.09. The number of nitrogens with zero attached hydrogens (tertiary/aromatic N) is 2. The molecule has 0 amide bonds. The zero-order chi connectivity index (χ0) is 15.6. The Hall–Kier alpha value is -2.90. The summed E-state index contributed by atoms with van der Waals surface area (Å²) < 4.78 is 5.03. The molecule has 1 aromatic heterocycles. The Kier molecular flexibility index (Phi) is 3.88. The number of hydrogen-bond donors (Lipinski definition) is 1. The van der Waals surface area contributed by atoms with Gasteiger partial charge in [0.15, 0.2) is 0 Å². The summed E-state index contributed by atoms with van der Waals surface area (Å²) in [6.07, 6.45) is 0. The molecule has 8 heteroatoms. The maximum absolute atomic E-state index is 10.8. The Morgan fingerprint density at radius 1 is 1.10 bits per heavy atom. The van der Waals surface area contributed by atoms with E-state index in [4.69, 9.17) is 4.42 Å². The minimum atomic E-state index is -0.606. The van der Waals surface area contributed by atoms with Gasteiger partial charge in [-0.25, -0.2) is 0 Å². The molecule has 2 aromatic rings. The van der Waals surface area contributed by atoms with E-state index in [2.05, 4.69) is 5.32 Å². The van der Waals surface area contributed by atoms with Gasteiger partial charge in [-0.2, -0.15) is 0 Å². The molecule has 1 heterocycles. The van der Waals surface area contributed by atoms with E-state index in [1.807, 2.05) is 0 Å². The van der Waals surface area contributed by atoms with Gasteiger partial charge < -0.3 is 9.73 Å². The lowest BCUT2D eigenvalue weighted by Crippen LogP contribution is -2.02. The molecule has 8 nitrogen and oxygen atoms in total. The first-order valence-corrected chi connectivity index (χ1v) is 6.11. The third-order valence-corrected chi connectivity index (χ3v) is 3.02. The van der Waals surface area contributed by atoms with Crippen LogP contribution in [0.25, 0.3) is 0 Å². The molecule has 1 N–H and O–H groups in total. The van der Waals surface area contributed by atoms with E-state index >= 15 is 0 Å². The summed E-state index contributed by atoms with van der Waals surface area (Å²) >= 11 is 0. The summed E-state index contributed by atoms with van der Waals surface area (Å²) in [4.78, 5) is 20.3. The molecule has 0 unspecified atom stereocenters. The predicted molar refractivity (Wildman–Crippen MR) is 75.3 cm³/mol. The predicted octanol–water partition coefficient (Wildman–Crippen LogP) is 3.32. The van der Waals surface area contributed by atoms with E-state index in [9.17, 15) is 20.2 Å². The minimum absolute atomic E-state index is 0.0617. The summed E-state index contributed by atoms with van der Waals surface area (Å²) in [5.41, 5.74) is 2.04. The van der Waals surface area contributed by atoms with Crippen molar-refractivity contribution < 1.29 is 14.3 Å². The third kappa shape index (κ3) is 3.16. The number of aryl methyl sites for hydroxylation is 2. The Bertz CT molecular complexity index is 708. The summed E-state index contributed by atoms with van der Waals surface area (Å²) in [7, 11) is 0. The van der Waals surface area contributed by atoms with Crippen LogP contribution in [0.2, 0.25) is 0 Å². The molecule has 2 rings (SSSR count). The largest absolute Gasteiger partial charge is 0.433 e. The number of nitrogens with one attached hydrogen (secondary N) is 1. The Morgan fingerprint density at radius 2 is 1.81 bits per heavy atom. The molecule has 0 saturated carbocycles. The highest BCUT2D eigenvalue weighted by molar-refractivity contribution is 5.59. The normalized spacial score (nSPS) is 10.4. The van der Waals surface area contributed by atoms with Gasteiger partial charge in [-0.05, 0) is 31.5 Å². The number of furan rings is 1. The van der Waals surface area contributed by atoms with Crippen molar-refractivity contribution in [3.05, 3.63) is 61.4 Å². The Labute approximate surface area is 119 Å². The summed E-state index contributed by atoms with van der Waals surface area (Å²) in [6.45, 7) is 3.66. The van der Waals surface area contributed by atoms with Crippen LogP contribution in [0.3, 0.4) is 0 Å². The third-order valence-electron chi connectivity index (χ3n) is 3.02. The van der Waals surface area contributed by atoms with E-state index < -0.39 is 9.85 Å². The van der Waals surface area contributed by atoms with E-state index in [1.54, 1.807) is 19.9 Å². The van der Waals surface area contributed by atoms with Gasteiger partial charge in [0, 0.05) is 17.3 Å². The van der Waals surface area contributed by atoms with Gasteiger partial charge >= 0.3 is 5.88 Å². The number of nitro groups is 2. The monoisotopic (exact) mass is 291 g/mol. The Morgan fingerprint density at radius 3 is 2.38 bits per heavy atom. The molecule has 110 valence electrons. The van der Waals surface area contributed by atoms with Crippen molar-refractivity contribution >= 4 is 17.3 Å². The van der Waals surface area contributed by atoms with Crippen molar-refractivity contribution in [1.29, 1.82) is 0 Å². The maximum atomic E-state index is 10.8. The van der Waals surface area contributed by atoms with Crippen LogP contribution in [0.15, 0.2) is 28.7 Å². The standard InChI is InChI=1S/C13H13N3O5/c1-8-6-12(15(17)18)9(2)5-11(8)14-7-10-3-4-13(21-10)16(19)20/h3-6,14H,7H2,1-2H3. The van der Waals surface area contributed by atoms with Crippen molar-refractivity contribution in [3.63, 3.8) is 0 Å². The second-order valence-electron chi connectivity index (χ2n) is 4.56. The van der Waals surface area contributed by atoms with Crippen LogP contribution in [-0.2, 0) is 6.54 Å². The first-order valence-electron chi connectivity index (χ1n) is 6.11. The molecule has 21 heavy (non-hydrogen) atoms. The number of anilines is 1. The summed E-state index contributed by atoms with van der Waals surface area (Å²) in [5.74, 6) is 0.0977. The second kappa shape index (κ2) is 5.61. The second-order valence-corrected chi connectivity index (χ2v) is 4.56. The number of benzene rings is 1. The fourth-order valence-corrected chi connectivity index (χ4v) is 1.93. The quantitative estimate of drug-likeness (QED) is 0.668. The van der Waals surface area contributed by atoms with Crippen LogP contribution in [0.1, 0.15) is 16.9 Å². The van der Waals surface area contributed by atoms with E-state index in [0.717, 1.165) is 5.69 Å². The molecule has 0 fully saturated rings. The highest BCUT2D eigenvalue weighted by atomic mass is 16.6. The fraction of sp³-hybridized carbons (Fsp3) is 0.231. The smallest absolute Gasteiger partial charge is 0.404 e. The molecular formula is C13H13N3O5. The van der Waals surface area contributed by atoms with Gasteiger partial charge in [-0.15, -0.1) is 0 Å². The zero-order valence-corrected chi connectivity index (χ0v) is 11.5. The summed E-state index contributed by atoms with van der Waals surface area (Å²) in [5, 5.41) is 24.4. The lowest BCUT2D eigenvalue weighted by atomic mass is 10.1. The fourth-order valence-electron chi connectivity index (χ4n) is 1.93. The van der Waals surface area contributed by atoms with Crippen LogP contribution in [-0.4, -0.2) is 9.85 Å². The van der Waals surface area contributed by atoms with Crippen molar-refractivity contribution in [3.8, 4) is 0 Å². The first kappa shape index (κ1) is 14.5. The molecule has 1 aromatic carbocycles. The van der Waals surface area contributed by atoms with Gasteiger partial charge in [0.2, 0.25) is 0 Å². The molecule has 0 aliphatic carbocycles. The molecular weight excluding hydrogens is 278 g/mol. The molecule has 0 saturated heterocycles. The Balaban J connectivity index is 2.14. The van der Waals surface area contributed by atoms with Gasteiger partial charge in [-0.3, -0.25) is 20.2 Å². The maximum Gasteiger partial charge on any atom is 0.433 e. The first-order chi connectivity index (χ1) is 9.88. The number of nitro benzene ring substituents is 1. The minimum Gasteiger partial charge on any atom is -0.404 e. The van der Waals surface area contributed by atoms with Crippen LogP contribution in [0, 0.1) is 34.1 Å². The SMILES string of the molecule is Cc1cc([N+](=O)[O-])c(C)cc1NCc1ccc([N+](=O)[O-])o1. The molecule has 0 aliphatic rings. The number of hydrogen-bond acceptors (Lipinski definition) is 6. The molecule has 0 atom stereocenters. The number of rotatable bonds is 5. The van der Waals surface area contributed by atoms with Crippen molar-refractivity contribution in [2.45, 2.75) is 20.4 Å². The van der Waals surface area contributed by atoms with Crippen molar-refractivity contribution in [2.24, 2.45) is 0 Å². The van der Waals surface area contributed by atoms with Gasteiger partial charge in [0.25, 0.3) is 5.69 Å². The van der Waals surface area contributed by atoms with Crippen LogP contribution in [0.4, 0.5) is 17.3 Å². The van der Waals surface area contributed by atoms with E-state index in [1.165, 1.54) is 18.2 Å². The van der Waals surface area contributed by atoms with Gasteiger partial charge in [-0.1, -0.05) is 0 Å². The van der Waals surface area contributed by atoms with Crippen molar-refractivity contribution in [1.82, 2.24) is 0 Å². The average Bonchev–Trinajstić information content (AvgIpc) is 2.88. The highest BCUT2D eigenvalue weighted by Crippen LogP contribution is 2.26. The molecule has 0 spiro atoms. The van der Waals surface area contributed by atoms with Gasteiger partial charge in [0.05, 0.1) is 17.5 Å². The zero-order valence-electron chi connectivity index (χ0n) is 11.5. The van der Waals surface area contributed by atoms with Gasteiger partial charge in [0.1, 0.15) is 10.7 Å². The highest BCUT2D eigenvalue weighted by Gasteiger charge is 2.14. The van der Waals surface area contributed by atoms with Crippen LogP contribution < -0.4 is 5.32 Å². The molecule has 0 aliphatic heterocycles. The van der Waals surface area contributed by atoms with Crippen molar-refractivity contribution in [2.75, 3.05) is 5.32 Å². The molecule has 0 radical (unpaired) electrons. The summed E-state index contributed by atoms with van der Waals surface area (Å²) in [6, 6.07) is 5.96. The van der Waals surface area contributed by atoms with E-state index in [-0.39, 0.29) is 18.1 Å². The molecule has 0 bridgehead atoms. The topological polar surface area (TPSA) is 111 Å². The van der Waals surface area contributed by atoms with Crippen LogP contribution >= 0.6 is 0 Å². The average molecular weight is 291 g/mol.